The molecule has 1 amide bonds. The normalized spacial score (nSPS) is 14.6. The summed E-state index contributed by atoms with van der Waals surface area (Å²) in [6.07, 6.45) is 5.32. The highest BCUT2D eigenvalue weighted by molar-refractivity contribution is 6.01. The fourth-order valence-electron chi connectivity index (χ4n) is 3.79. The van der Waals surface area contributed by atoms with Crippen molar-refractivity contribution >= 4 is 29.0 Å². The van der Waals surface area contributed by atoms with E-state index in [4.69, 9.17) is 4.42 Å². The van der Waals surface area contributed by atoms with Crippen molar-refractivity contribution in [1.29, 1.82) is 0 Å². The van der Waals surface area contributed by atoms with Crippen LogP contribution in [0.2, 0.25) is 0 Å². The number of nitro groups is 1. The lowest BCUT2D eigenvalue weighted by molar-refractivity contribution is -0.384. The van der Waals surface area contributed by atoms with Gasteiger partial charge >= 0.3 is 0 Å². The highest BCUT2D eigenvalue weighted by Gasteiger charge is 2.17. The average Bonchev–Trinajstić information content (AvgIpc) is 3.28. The van der Waals surface area contributed by atoms with Crippen LogP contribution in [0.25, 0.3) is 17.4 Å². The first-order valence-electron chi connectivity index (χ1n) is 10.7. The number of para-hydroxylation sites is 1. The molecule has 0 bridgehead atoms. The minimum atomic E-state index is -0.447. The van der Waals surface area contributed by atoms with E-state index in [0.29, 0.717) is 22.8 Å². The molecule has 4 rings (SSSR count). The zero-order valence-corrected chi connectivity index (χ0v) is 17.9. The SMILES string of the molecule is CC1CCN(c2ccc(NC(=O)/C=C/c3ccc(-c4ccccc4[N+](=O)[O-])o3)cc2)CC1. The van der Waals surface area contributed by atoms with Crippen LogP contribution >= 0.6 is 0 Å². The number of rotatable bonds is 6. The second-order valence-electron chi connectivity index (χ2n) is 8.02. The number of carbonyl (C=O) groups excluding carboxylic acids is 1. The molecule has 0 unspecified atom stereocenters. The van der Waals surface area contributed by atoms with E-state index in [2.05, 4.69) is 17.1 Å². The summed E-state index contributed by atoms with van der Waals surface area (Å²) in [7, 11) is 0. The molecule has 2 aromatic carbocycles. The third kappa shape index (κ3) is 5.06. The Kier molecular flexibility index (Phi) is 6.35. The summed E-state index contributed by atoms with van der Waals surface area (Å²) in [6.45, 7) is 4.41. The molecule has 0 radical (unpaired) electrons. The maximum Gasteiger partial charge on any atom is 0.280 e. The highest BCUT2D eigenvalue weighted by Crippen LogP contribution is 2.31. The maximum atomic E-state index is 12.3. The zero-order chi connectivity index (χ0) is 22.5. The minimum absolute atomic E-state index is 0.0300. The Bertz CT molecular complexity index is 1130. The zero-order valence-electron chi connectivity index (χ0n) is 17.9. The Morgan fingerprint density at radius 3 is 2.53 bits per heavy atom. The molecule has 1 aromatic heterocycles. The monoisotopic (exact) mass is 431 g/mol. The summed E-state index contributed by atoms with van der Waals surface area (Å²) in [4.78, 5) is 25.4. The predicted octanol–water partition coefficient (Wildman–Crippen LogP) is 5.74. The molecule has 0 aliphatic carbocycles. The molecule has 1 aliphatic heterocycles. The number of nitro benzene ring substituents is 1. The van der Waals surface area contributed by atoms with Crippen LogP contribution < -0.4 is 10.2 Å². The van der Waals surface area contributed by atoms with Crippen molar-refractivity contribution in [3.05, 3.63) is 82.6 Å². The largest absolute Gasteiger partial charge is 0.456 e. The van der Waals surface area contributed by atoms with E-state index in [9.17, 15) is 14.9 Å². The van der Waals surface area contributed by atoms with Crippen molar-refractivity contribution in [3.8, 4) is 11.3 Å². The van der Waals surface area contributed by atoms with Gasteiger partial charge in [0.15, 0.2) is 0 Å². The van der Waals surface area contributed by atoms with Crippen LogP contribution in [0.5, 0.6) is 0 Å². The summed E-state index contributed by atoms with van der Waals surface area (Å²) in [5, 5.41) is 14.0. The number of hydrogen-bond acceptors (Lipinski definition) is 5. The molecule has 32 heavy (non-hydrogen) atoms. The van der Waals surface area contributed by atoms with Gasteiger partial charge in [0.2, 0.25) is 5.91 Å². The maximum absolute atomic E-state index is 12.3. The molecule has 0 atom stereocenters. The molecule has 3 aromatic rings. The Hall–Kier alpha value is -3.87. The number of benzene rings is 2. The number of hydrogen-bond donors (Lipinski definition) is 1. The van der Waals surface area contributed by atoms with Crippen LogP contribution in [-0.2, 0) is 4.79 Å². The molecule has 7 nitrogen and oxygen atoms in total. The van der Waals surface area contributed by atoms with Crippen molar-refractivity contribution in [3.63, 3.8) is 0 Å². The lowest BCUT2D eigenvalue weighted by Crippen LogP contribution is -2.32. The third-order valence-corrected chi connectivity index (χ3v) is 5.68. The van der Waals surface area contributed by atoms with Crippen LogP contribution in [0.15, 0.2) is 71.2 Å². The lowest BCUT2D eigenvalue weighted by Gasteiger charge is -2.32. The van der Waals surface area contributed by atoms with E-state index < -0.39 is 4.92 Å². The van der Waals surface area contributed by atoms with Gasteiger partial charge in [-0.15, -0.1) is 0 Å². The number of furan rings is 1. The number of nitrogens with zero attached hydrogens (tertiary/aromatic N) is 2. The number of anilines is 2. The van der Waals surface area contributed by atoms with Crippen LogP contribution in [-0.4, -0.2) is 23.9 Å². The van der Waals surface area contributed by atoms with Gasteiger partial charge in [-0.05, 0) is 67.3 Å². The van der Waals surface area contributed by atoms with Gasteiger partial charge in [0.1, 0.15) is 11.5 Å². The quantitative estimate of drug-likeness (QED) is 0.305. The van der Waals surface area contributed by atoms with E-state index in [-0.39, 0.29) is 11.6 Å². The molecule has 0 spiro atoms. The van der Waals surface area contributed by atoms with E-state index in [0.717, 1.165) is 19.0 Å². The first-order valence-corrected chi connectivity index (χ1v) is 10.7. The van der Waals surface area contributed by atoms with E-state index in [1.165, 1.54) is 36.7 Å². The molecule has 164 valence electrons. The molecule has 2 heterocycles. The van der Waals surface area contributed by atoms with E-state index in [1.54, 1.807) is 30.3 Å². The van der Waals surface area contributed by atoms with Crippen molar-refractivity contribution in [1.82, 2.24) is 0 Å². The van der Waals surface area contributed by atoms with Gasteiger partial charge in [0, 0.05) is 36.6 Å². The second-order valence-corrected chi connectivity index (χ2v) is 8.02. The Morgan fingerprint density at radius 1 is 1.09 bits per heavy atom. The van der Waals surface area contributed by atoms with E-state index in [1.807, 2.05) is 24.3 Å². The average molecular weight is 431 g/mol. The molecule has 1 fully saturated rings. The van der Waals surface area contributed by atoms with Crippen LogP contribution in [0, 0.1) is 16.0 Å². The summed E-state index contributed by atoms with van der Waals surface area (Å²) in [5.74, 6) is 1.31. The van der Waals surface area contributed by atoms with Crippen LogP contribution in [0.1, 0.15) is 25.5 Å². The molecular weight excluding hydrogens is 406 g/mol. The van der Waals surface area contributed by atoms with Gasteiger partial charge in [-0.3, -0.25) is 14.9 Å². The standard InChI is InChI=1S/C25H25N3O4/c1-18-14-16-27(17-15-18)20-8-6-19(7-9-20)26-25(29)13-11-21-10-12-24(32-21)22-4-2-3-5-23(22)28(30)31/h2-13,18H,14-17H2,1H3,(H,26,29)/b13-11+. The number of carbonyl (C=O) groups is 1. The first-order chi connectivity index (χ1) is 15.5. The Morgan fingerprint density at radius 2 is 1.81 bits per heavy atom. The van der Waals surface area contributed by atoms with Gasteiger partial charge in [-0.2, -0.15) is 0 Å². The fourth-order valence-corrected chi connectivity index (χ4v) is 3.79. The molecule has 7 heteroatoms. The summed E-state index contributed by atoms with van der Waals surface area (Å²) in [6, 6.07) is 17.6. The molecule has 1 aliphatic rings. The second kappa shape index (κ2) is 9.51. The number of amides is 1. The number of nitrogens with one attached hydrogen (secondary N) is 1. The van der Waals surface area contributed by atoms with Crippen molar-refractivity contribution in [2.45, 2.75) is 19.8 Å². The van der Waals surface area contributed by atoms with E-state index >= 15 is 0 Å². The highest BCUT2D eigenvalue weighted by atomic mass is 16.6. The summed E-state index contributed by atoms with van der Waals surface area (Å²) in [5.41, 5.74) is 2.25. The van der Waals surface area contributed by atoms with Gasteiger partial charge < -0.3 is 14.6 Å². The van der Waals surface area contributed by atoms with Gasteiger partial charge in [0.05, 0.1) is 10.5 Å². The minimum Gasteiger partial charge on any atom is -0.456 e. The molecule has 0 saturated carbocycles. The predicted molar refractivity (Wildman–Crippen MR) is 126 cm³/mol. The van der Waals surface area contributed by atoms with Gasteiger partial charge in [0.25, 0.3) is 5.69 Å². The Balaban J connectivity index is 1.37. The van der Waals surface area contributed by atoms with Gasteiger partial charge in [-0.25, -0.2) is 0 Å². The molecular formula is C25H25N3O4. The van der Waals surface area contributed by atoms with Crippen molar-refractivity contribution in [2.24, 2.45) is 5.92 Å². The lowest BCUT2D eigenvalue weighted by atomic mass is 9.99. The summed E-state index contributed by atoms with van der Waals surface area (Å²) >= 11 is 0. The van der Waals surface area contributed by atoms with Crippen molar-refractivity contribution < 1.29 is 14.1 Å². The topological polar surface area (TPSA) is 88.6 Å². The smallest absolute Gasteiger partial charge is 0.280 e. The van der Waals surface area contributed by atoms with Crippen LogP contribution in [0.4, 0.5) is 17.1 Å². The Labute approximate surface area is 186 Å². The number of piperidine rings is 1. The van der Waals surface area contributed by atoms with Gasteiger partial charge in [-0.1, -0.05) is 19.1 Å². The first kappa shape index (κ1) is 21.4. The summed E-state index contributed by atoms with van der Waals surface area (Å²) < 4.78 is 5.67. The third-order valence-electron chi connectivity index (χ3n) is 5.68. The molecule has 1 N–H and O–H groups in total. The fraction of sp³-hybridized carbons (Fsp3) is 0.240. The molecule has 1 saturated heterocycles. The van der Waals surface area contributed by atoms with Crippen molar-refractivity contribution in [2.75, 3.05) is 23.3 Å². The van der Waals surface area contributed by atoms with Crippen LogP contribution in [0.3, 0.4) is 0 Å².